The molecular weight excluding hydrogens is 650 g/mol. The fraction of sp³-hybridized carbons (Fsp3) is 0.919. The van der Waals surface area contributed by atoms with Crippen LogP contribution in [0, 0.1) is 17.8 Å². The number of carbonyl (C=O) groups is 1. The van der Waals surface area contributed by atoms with Crippen molar-refractivity contribution in [3.05, 3.63) is 11.3 Å². The topological polar surface area (TPSA) is 166 Å². The van der Waals surface area contributed by atoms with E-state index >= 15 is 0 Å². The summed E-state index contributed by atoms with van der Waals surface area (Å²) in [6, 6.07) is -0.235. The quantitative estimate of drug-likeness (QED) is 0.285. The van der Waals surface area contributed by atoms with Gasteiger partial charge >= 0.3 is 5.97 Å². The van der Waals surface area contributed by atoms with E-state index < -0.39 is 95.8 Å². The average Bonchev–Trinajstić information content (AvgIpc) is 3.37. The number of ether oxygens (including phenoxy) is 7. The number of methoxy groups -OCH3 is 1. The Kier molecular flexibility index (Phi) is 12.8. The molecule has 4 N–H and O–H groups in total. The summed E-state index contributed by atoms with van der Waals surface area (Å²) in [5.74, 6) is -2.31. The van der Waals surface area contributed by atoms with Gasteiger partial charge < -0.3 is 58.5 Å². The summed E-state index contributed by atoms with van der Waals surface area (Å²) in [7, 11) is 5.34. The third-order valence-corrected chi connectivity index (χ3v) is 12.0. The van der Waals surface area contributed by atoms with Gasteiger partial charge in [-0.3, -0.25) is 4.79 Å². The largest absolute Gasteiger partial charge is 0.489 e. The maximum absolute atomic E-state index is 14.1. The lowest BCUT2D eigenvalue weighted by Gasteiger charge is -2.48. The summed E-state index contributed by atoms with van der Waals surface area (Å²) in [5, 5.41) is 45.9. The van der Waals surface area contributed by atoms with Crippen LogP contribution in [0.5, 0.6) is 0 Å². The van der Waals surface area contributed by atoms with Gasteiger partial charge in [-0.1, -0.05) is 20.8 Å². The van der Waals surface area contributed by atoms with Crippen molar-refractivity contribution in [3.63, 3.8) is 0 Å². The maximum atomic E-state index is 14.1. The van der Waals surface area contributed by atoms with Crippen LogP contribution in [-0.4, -0.2) is 137 Å². The van der Waals surface area contributed by atoms with Gasteiger partial charge in [0.25, 0.3) is 0 Å². The van der Waals surface area contributed by atoms with E-state index in [1.54, 1.807) is 34.6 Å². The molecule has 3 fully saturated rings. The van der Waals surface area contributed by atoms with Crippen molar-refractivity contribution in [2.75, 3.05) is 21.2 Å². The zero-order valence-corrected chi connectivity index (χ0v) is 32.4. The molecule has 290 valence electrons. The molecular formula is C37H65NO12. The summed E-state index contributed by atoms with van der Waals surface area (Å²) < 4.78 is 44.6. The lowest BCUT2D eigenvalue weighted by atomic mass is 9.78. The SMILES string of the molecule is CC[C@H]1OC(=O)[C@H](C)[C@@H](O[C@H]2C[C@@](C)(OC)[C@@H](O)[C@H](C)O2)[C@@H](C)[C@@H](O[C@@H]2O[C@H](C)C[C@H](N(C)C)C2O)[C@@]2(C)CC(C)=C(O2)[C@H](C)[C@@H](O)[C@]1(C)O. The summed E-state index contributed by atoms with van der Waals surface area (Å²) in [4.78, 5) is 16.1. The number of hydrogen-bond donors (Lipinski definition) is 4. The fourth-order valence-corrected chi connectivity index (χ4v) is 8.73. The Balaban J connectivity index is 1.84. The highest BCUT2D eigenvalue weighted by Gasteiger charge is 2.56. The number of aliphatic hydroxyl groups is 4. The molecule has 17 atom stereocenters. The molecule has 0 aromatic rings. The minimum atomic E-state index is -1.82. The first-order valence-electron chi connectivity index (χ1n) is 18.3. The van der Waals surface area contributed by atoms with Crippen molar-refractivity contribution >= 4 is 5.97 Å². The summed E-state index contributed by atoms with van der Waals surface area (Å²) in [6.07, 6.45) is -7.39. The van der Waals surface area contributed by atoms with Gasteiger partial charge in [-0.15, -0.1) is 0 Å². The highest BCUT2D eigenvalue weighted by molar-refractivity contribution is 5.73. The molecule has 13 nitrogen and oxygen atoms in total. The summed E-state index contributed by atoms with van der Waals surface area (Å²) in [6.45, 7) is 18.0. The van der Waals surface area contributed by atoms with Crippen molar-refractivity contribution in [1.82, 2.24) is 4.90 Å². The summed E-state index contributed by atoms with van der Waals surface area (Å²) >= 11 is 0. The van der Waals surface area contributed by atoms with E-state index in [9.17, 15) is 25.2 Å². The molecule has 0 aliphatic carbocycles. The maximum Gasteiger partial charge on any atom is 0.311 e. The van der Waals surface area contributed by atoms with Crippen molar-refractivity contribution in [1.29, 1.82) is 0 Å². The van der Waals surface area contributed by atoms with Crippen LogP contribution in [0.3, 0.4) is 0 Å². The number of carbonyl (C=O) groups excluding carboxylic acids is 1. The summed E-state index contributed by atoms with van der Waals surface area (Å²) in [5.41, 5.74) is -3.00. The van der Waals surface area contributed by atoms with Crippen molar-refractivity contribution in [2.24, 2.45) is 17.8 Å². The Labute approximate surface area is 298 Å². The van der Waals surface area contributed by atoms with Gasteiger partial charge in [0, 0.05) is 37.8 Å². The molecule has 3 saturated heterocycles. The second kappa shape index (κ2) is 15.5. The number of fused-ring (bicyclic) bond motifs is 2. The fourth-order valence-electron chi connectivity index (χ4n) is 8.73. The Morgan fingerprint density at radius 1 is 0.960 bits per heavy atom. The molecule has 13 heteroatoms. The van der Waals surface area contributed by atoms with Crippen LogP contribution in [0.2, 0.25) is 0 Å². The normalized spacial score (nSPS) is 49.5. The molecule has 0 radical (unpaired) electrons. The highest BCUT2D eigenvalue weighted by Crippen LogP contribution is 2.47. The standard InChI is InChI=1S/C37H65NO12/c1-14-25-37(10,43)30(40)20(4)28-18(2)16-36(9,50-28)32(49-34-27(39)24(38(11)12)15-19(3)45-34)21(5)29(22(6)33(42)47-25)48-26-17-35(8,44-13)31(41)23(7)46-26/h19-27,29-32,34,39-41,43H,14-17H2,1-13H3/t19-,20+,21-,22-,23+,24+,25-,26+,27?,29+,30-,31+,32-,34+,35-,36-,37-/m1/s1. The molecule has 0 saturated carbocycles. The van der Waals surface area contributed by atoms with E-state index in [2.05, 4.69) is 0 Å². The zero-order chi connectivity index (χ0) is 37.7. The first-order chi connectivity index (χ1) is 23.1. The molecule has 4 aliphatic rings. The van der Waals surface area contributed by atoms with Gasteiger partial charge in [0.15, 0.2) is 12.6 Å². The molecule has 2 bridgehead atoms. The van der Waals surface area contributed by atoms with Crippen molar-refractivity contribution < 1.29 is 58.4 Å². The number of rotatable bonds is 7. The molecule has 1 unspecified atom stereocenters. The predicted octanol–water partition coefficient (Wildman–Crippen LogP) is 2.89. The van der Waals surface area contributed by atoms with E-state index in [4.69, 9.17) is 33.2 Å². The Hall–Kier alpha value is -1.39. The third-order valence-electron chi connectivity index (χ3n) is 12.0. The second-order valence-corrected chi connectivity index (χ2v) is 16.3. The Bertz CT molecular complexity index is 1210. The number of esters is 1. The van der Waals surface area contributed by atoms with Gasteiger partial charge in [-0.25, -0.2) is 0 Å². The first-order valence-corrected chi connectivity index (χ1v) is 18.3. The third kappa shape index (κ3) is 7.93. The Morgan fingerprint density at radius 3 is 2.18 bits per heavy atom. The van der Waals surface area contributed by atoms with Crippen molar-refractivity contribution in [2.45, 2.75) is 179 Å². The minimum absolute atomic E-state index is 0.173. The van der Waals surface area contributed by atoms with E-state index in [1.807, 2.05) is 46.7 Å². The van der Waals surface area contributed by atoms with Gasteiger partial charge in [0.1, 0.15) is 41.4 Å². The molecule has 0 spiro atoms. The van der Waals surface area contributed by atoms with Crippen LogP contribution in [0.4, 0.5) is 0 Å². The molecule has 50 heavy (non-hydrogen) atoms. The van der Waals surface area contributed by atoms with E-state index in [0.717, 1.165) is 5.57 Å². The Morgan fingerprint density at radius 2 is 1.60 bits per heavy atom. The number of hydrogen-bond acceptors (Lipinski definition) is 13. The van der Waals surface area contributed by atoms with E-state index in [0.29, 0.717) is 18.6 Å². The monoisotopic (exact) mass is 715 g/mol. The van der Waals surface area contributed by atoms with Crippen LogP contribution < -0.4 is 0 Å². The number of nitrogens with zero attached hydrogens (tertiary/aromatic N) is 1. The van der Waals surface area contributed by atoms with Crippen molar-refractivity contribution in [3.8, 4) is 0 Å². The van der Waals surface area contributed by atoms with E-state index in [-0.39, 0.29) is 25.0 Å². The van der Waals surface area contributed by atoms with E-state index in [1.165, 1.54) is 14.0 Å². The number of likely N-dealkylation sites (N-methyl/N-ethyl adjacent to an activating group) is 1. The smallest absolute Gasteiger partial charge is 0.311 e. The highest BCUT2D eigenvalue weighted by atomic mass is 16.7. The van der Waals surface area contributed by atoms with Crippen LogP contribution >= 0.6 is 0 Å². The first kappa shape index (κ1) is 41.4. The predicted molar refractivity (Wildman–Crippen MR) is 184 cm³/mol. The lowest BCUT2D eigenvalue weighted by Crippen LogP contribution is -2.60. The lowest BCUT2D eigenvalue weighted by molar-refractivity contribution is -0.316. The van der Waals surface area contributed by atoms with Gasteiger partial charge in [-0.2, -0.15) is 0 Å². The second-order valence-electron chi connectivity index (χ2n) is 16.3. The van der Waals surface area contributed by atoms with Crippen LogP contribution in [0.1, 0.15) is 94.9 Å². The molecule has 0 amide bonds. The van der Waals surface area contributed by atoms with Crippen LogP contribution in [0.15, 0.2) is 11.3 Å². The number of aliphatic hydroxyl groups excluding tert-OH is 3. The molecule has 4 aliphatic heterocycles. The molecule has 0 aromatic heterocycles. The average molecular weight is 716 g/mol. The number of cyclic esters (lactones) is 1. The van der Waals surface area contributed by atoms with Crippen LogP contribution in [0.25, 0.3) is 0 Å². The van der Waals surface area contributed by atoms with Gasteiger partial charge in [-0.05, 0) is 81.0 Å². The van der Waals surface area contributed by atoms with Crippen LogP contribution in [-0.2, 0) is 38.0 Å². The molecule has 0 aromatic carbocycles. The van der Waals surface area contributed by atoms with Gasteiger partial charge in [0.2, 0.25) is 0 Å². The zero-order valence-electron chi connectivity index (χ0n) is 32.4. The minimum Gasteiger partial charge on any atom is -0.489 e. The molecule has 4 rings (SSSR count). The molecule has 4 heterocycles. The van der Waals surface area contributed by atoms with Gasteiger partial charge in [0.05, 0.1) is 35.9 Å².